The molecule has 0 unspecified atom stereocenters. The van der Waals surface area contributed by atoms with Gasteiger partial charge in [-0.2, -0.15) is 0 Å². The molecule has 5 heteroatoms. The lowest BCUT2D eigenvalue weighted by molar-refractivity contribution is -0.136. The van der Waals surface area contributed by atoms with Crippen molar-refractivity contribution in [3.05, 3.63) is 76.4 Å². The topological polar surface area (TPSA) is 52.6 Å². The van der Waals surface area contributed by atoms with Gasteiger partial charge in [-0.1, -0.05) is 60.3 Å². The van der Waals surface area contributed by atoms with Crippen LogP contribution in [0.25, 0.3) is 11.3 Å². The molecule has 0 bridgehead atoms. The molecule has 0 fully saturated rings. The second-order valence-corrected chi connectivity index (χ2v) is 7.00. The Bertz CT molecular complexity index is 926. The predicted octanol–water partition coefficient (Wildman–Crippen LogP) is 5.02. The van der Waals surface area contributed by atoms with Crippen molar-refractivity contribution in [2.24, 2.45) is 0 Å². The average molecular weight is 366 g/mol. The van der Waals surface area contributed by atoms with Crippen molar-refractivity contribution in [1.82, 2.24) is 0 Å². The lowest BCUT2D eigenvalue weighted by Crippen LogP contribution is -2.07. The first-order valence-corrected chi connectivity index (χ1v) is 8.94. The quantitative estimate of drug-likeness (QED) is 0.714. The summed E-state index contributed by atoms with van der Waals surface area (Å²) in [5, 5.41) is 0. The SMILES string of the molecule is CC(=O)OC1=C(C)Sc2ccccc2C(OC(C)=O)=C1c1ccccc1. The molecule has 0 saturated carbocycles. The van der Waals surface area contributed by atoms with Gasteiger partial charge in [-0.3, -0.25) is 9.59 Å². The van der Waals surface area contributed by atoms with E-state index in [9.17, 15) is 9.59 Å². The van der Waals surface area contributed by atoms with Gasteiger partial charge in [0.25, 0.3) is 0 Å². The van der Waals surface area contributed by atoms with Gasteiger partial charge < -0.3 is 9.47 Å². The molecule has 0 aromatic heterocycles. The van der Waals surface area contributed by atoms with Crippen molar-refractivity contribution in [3.63, 3.8) is 0 Å². The molecule has 132 valence electrons. The van der Waals surface area contributed by atoms with E-state index in [1.165, 1.54) is 25.6 Å². The zero-order valence-corrected chi connectivity index (χ0v) is 15.6. The van der Waals surface area contributed by atoms with Crippen LogP contribution in [0.5, 0.6) is 0 Å². The first-order chi connectivity index (χ1) is 12.5. The standard InChI is InChI=1S/C21H18O4S/c1-13-20(24-14(2)22)19(16-9-5-4-6-10-16)21(25-15(3)23)17-11-7-8-12-18(17)26-13/h4-12H,1-3H3. The Kier molecular flexibility index (Phi) is 5.28. The first-order valence-electron chi connectivity index (χ1n) is 8.12. The van der Waals surface area contributed by atoms with Crippen LogP contribution in [0.2, 0.25) is 0 Å². The summed E-state index contributed by atoms with van der Waals surface area (Å²) in [7, 11) is 0. The van der Waals surface area contributed by atoms with Crippen molar-refractivity contribution in [2.75, 3.05) is 0 Å². The van der Waals surface area contributed by atoms with E-state index in [2.05, 4.69) is 0 Å². The highest BCUT2D eigenvalue weighted by Gasteiger charge is 2.28. The number of rotatable bonds is 3. The van der Waals surface area contributed by atoms with Crippen LogP contribution in [0.15, 0.2) is 70.2 Å². The minimum absolute atomic E-state index is 0.389. The number of hydrogen-bond donors (Lipinski definition) is 0. The molecule has 1 aliphatic rings. The maximum atomic E-state index is 11.8. The van der Waals surface area contributed by atoms with E-state index in [1.807, 2.05) is 61.5 Å². The summed E-state index contributed by atoms with van der Waals surface area (Å²) in [6.07, 6.45) is 0. The van der Waals surface area contributed by atoms with Gasteiger partial charge in [0.1, 0.15) is 0 Å². The van der Waals surface area contributed by atoms with Gasteiger partial charge in [0.05, 0.1) is 5.57 Å². The Hall–Kier alpha value is -2.79. The molecule has 0 aliphatic carbocycles. The lowest BCUT2D eigenvalue weighted by Gasteiger charge is -2.17. The molecule has 1 heterocycles. The number of ether oxygens (including phenoxy) is 2. The van der Waals surface area contributed by atoms with Crippen LogP contribution in [0.1, 0.15) is 31.9 Å². The average Bonchev–Trinajstić information content (AvgIpc) is 2.71. The fraction of sp³-hybridized carbons (Fsp3) is 0.143. The summed E-state index contributed by atoms with van der Waals surface area (Å²) in [6, 6.07) is 17.1. The van der Waals surface area contributed by atoms with E-state index < -0.39 is 11.9 Å². The molecule has 1 aliphatic heterocycles. The Morgan fingerprint density at radius 3 is 2.04 bits per heavy atom. The molecule has 0 N–H and O–H groups in total. The van der Waals surface area contributed by atoms with Gasteiger partial charge in [-0.25, -0.2) is 0 Å². The molecule has 0 atom stereocenters. The summed E-state index contributed by atoms with van der Waals surface area (Å²) in [6.45, 7) is 4.61. The number of benzene rings is 2. The monoisotopic (exact) mass is 366 g/mol. The van der Waals surface area contributed by atoms with E-state index in [1.54, 1.807) is 0 Å². The molecule has 0 radical (unpaired) electrons. The van der Waals surface area contributed by atoms with Crippen LogP contribution in [0, 0.1) is 0 Å². The highest BCUT2D eigenvalue weighted by Crippen LogP contribution is 2.46. The summed E-state index contributed by atoms with van der Waals surface area (Å²) >= 11 is 1.48. The molecular formula is C21H18O4S. The zero-order valence-electron chi connectivity index (χ0n) is 14.7. The predicted molar refractivity (Wildman–Crippen MR) is 102 cm³/mol. The summed E-state index contributed by atoms with van der Waals surface area (Å²) in [5.41, 5.74) is 2.18. The molecule has 3 rings (SSSR count). The van der Waals surface area contributed by atoms with E-state index in [4.69, 9.17) is 9.47 Å². The van der Waals surface area contributed by atoms with Crippen LogP contribution in [-0.2, 0) is 19.1 Å². The Balaban J connectivity index is 2.37. The van der Waals surface area contributed by atoms with Gasteiger partial charge in [-0.15, -0.1) is 0 Å². The molecule has 2 aromatic rings. The zero-order chi connectivity index (χ0) is 18.7. The van der Waals surface area contributed by atoms with E-state index in [-0.39, 0.29) is 0 Å². The fourth-order valence-electron chi connectivity index (χ4n) is 2.75. The fourth-order valence-corrected chi connectivity index (χ4v) is 3.74. The molecule has 0 saturated heterocycles. The maximum Gasteiger partial charge on any atom is 0.308 e. The van der Waals surface area contributed by atoms with Gasteiger partial charge in [-0.05, 0) is 18.6 Å². The van der Waals surface area contributed by atoms with Crippen LogP contribution in [0.4, 0.5) is 0 Å². The number of hydrogen-bond acceptors (Lipinski definition) is 5. The number of esters is 2. The van der Waals surface area contributed by atoms with Gasteiger partial charge in [0.2, 0.25) is 0 Å². The van der Waals surface area contributed by atoms with Crippen LogP contribution in [0.3, 0.4) is 0 Å². The number of allylic oxidation sites excluding steroid dienone is 2. The molecular weight excluding hydrogens is 348 g/mol. The third kappa shape index (κ3) is 3.73. The molecule has 0 amide bonds. The Morgan fingerprint density at radius 2 is 1.38 bits per heavy atom. The van der Waals surface area contributed by atoms with Crippen LogP contribution >= 0.6 is 11.8 Å². The Labute approximate surface area is 156 Å². The minimum atomic E-state index is -0.435. The summed E-state index contributed by atoms with van der Waals surface area (Å²) < 4.78 is 11.2. The number of carbonyl (C=O) groups excluding carboxylic acids is 2. The van der Waals surface area contributed by atoms with Crippen LogP contribution in [-0.4, -0.2) is 11.9 Å². The largest absolute Gasteiger partial charge is 0.425 e. The number of thioether (sulfide) groups is 1. The Morgan fingerprint density at radius 1 is 0.808 bits per heavy atom. The van der Waals surface area contributed by atoms with Crippen molar-refractivity contribution in [3.8, 4) is 0 Å². The minimum Gasteiger partial charge on any atom is -0.425 e. The van der Waals surface area contributed by atoms with Crippen molar-refractivity contribution < 1.29 is 19.1 Å². The third-order valence-electron chi connectivity index (χ3n) is 3.72. The second-order valence-electron chi connectivity index (χ2n) is 5.74. The first kappa shape index (κ1) is 18.0. The number of fused-ring (bicyclic) bond motifs is 1. The molecule has 0 spiro atoms. The van der Waals surface area contributed by atoms with Crippen molar-refractivity contribution in [1.29, 1.82) is 0 Å². The maximum absolute atomic E-state index is 11.8. The third-order valence-corrected chi connectivity index (χ3v) is 4.79. The van der Waals surface area contributed by atoms with Gasteiger partial charge in [0.15, 0.2) is 11.5 Å². The summed E-state index contributed by atoms with van der Waals surface area (Å²) in [4.78, 5) is 25.3. The smallest absolute Gasteiger partial charge is 0.308 e. The highest BCUT2D eigenvalue weighted by molar-refractivity contribution is 8.03. The highest BCUT2D eigenvalue weighted by atomic mass is 32.2. The van der Waals surface area contributed by atoms with Crippen molar-refractivity contribution in [2.45, 2.75) is 25.7 Å². The molecule has 2 aromatic carbocycles. The van der Waals surface area contributed by atoms with Gasteiger partial charge >= 0.3 is 11.9 Å². The lowest BCUT2D eigenvalue weighted by atomic mass is 9.98. The number of carbonyl (C=O) groups is 2. The van der Waals surface area contributed by atoms with Gasteiger partial charge in [0, 0.05) is 29.2 Å². The molecule has 4 nitrogen and oxygen atoms in total. The molecule has 26 heavy (non-hydrogen) atoms. The van der Waals surface area contributed by atoms with E-state index in [0.29, 0.717) is 17.1 Å². The van der Waals surface area contributed by atoms with E-state index >= 15 is 0 Å². The normalized spacial score (nSPS) is 13.8. The van der Waals surface area contributed by atoms with Crippen LogP contribution < -0.4 is 0 Å². The summed E-state index contributed by atoms with van der Waals surface area (Å²) in [5.74, 6) is -0.0717. The van der Waals surface area contributed by atoms with E-state index in [0.717, 1.165) is 20.9 Å². The second kappa shape index (κ2) is 7.62. The van der Waals surface area contributed by atoms with Crippen molar-refractivity contribution >= 4 is 35.0 Å².